The maximum atomic E-state index is 9.76. The third-order valence-corrected chi connectivity index (χ3v) is 2.52. The second kappa shape index (κ2) is 5.64. The van der Waals surface area contributed by atoms with Gasteiger partial charge in [0.15, 0.2) is 5.82 Å². The Hall–Kier alpha value is -1.88. The highest BCUT2D eigenvalue weighted by atomic mass is 16.5. The van der Waals surface area contributed by atoms with E-state index in [0.29, 0.717) is 36.9 Å². The summed E-state index contributed by atoms with van der Waals surface area (Å²) in [5.74, 6) is 1.06. The van der Waals surface area contributed by atoms with Gasteiger partial charge < -0.3 is 14.4 Å². The highest BCUT2D eigenvalue weighted by Gasteiger charge is 2.12. The highest BCUT2D eigenvalue weighted by Crippen LogP contribution is 2.28. The van der Waals surface area contributed by atoms with E-state index in [2.05, 4.69) is 10.1 Å². The Morgan fingerprint density at radius 1 is 1.39 bits per heavy atom. The minimum absolute atomic E-state index is 0.139. The molecule has 1 heterocycles. The summed E-state index contributed by atoms with van der Waals surface area (Å²) in [6.07, 6.45) is 0.601. The molecule has 0 bridgehead atoms. The first-order valence-corrected chi connectivity index (χ1v) is 5.91. The summed E-state index contributed by atoms with van der Waals surface area (Å²) >= 11 is 0. The van der Waals surface area contributed by atoms with Gasteiger partial charge in [-0.25, -0.2) is 0 Å². The molecule has 0 radical (unpaired) electrons. The number of aromatic nitrogens is 2. The first-order chi connectivity index (χ1) is 8.70. The van der Waals surface area contributed by atoms with Gasteiger partial charge in [0.25, 0.3) is 5.89 Å². The zero-order chi connectivity index (χ0) is 13.0. The van der Waals surface area contributed by atoms with Crippen LogP contribution in [0.4, 0.5) is 0 Å². The number of nitrogens with zero attached hydrogens (tertiary/aromatic N) is 2. The smallest absolute Gasteiger partial charge is 0.261 e. The first kappa shape index (κ1) is 12.6. The van der Waals surface area contributed by atoms with Crippen LogP contribution in [0.25, 0.3) is 11.5 Å². The molecule has 18 heavy (non-hydrogen) atoms. The fourth-order valence-electron chi connectivity index (χ4n) is 1.59. The molecule has 96 valence electrons. The van der Waals surface area contributed by atoms with E-state index in [1.54, 1.807) is 6.07 Å². The van der Waals surface area contributed by atoms with Gasteiger partial charge in [0.05, 0.1) is 12.2 Å². The predicted molar refractivity (Wildman–Crippen MR) is 66.3 cm³/mol. The maximum Gasteiger partial charge on any atom is 0.261 e. The third kappa shape index (κ3) is 2.87. The van der Waals surface area contributed by atoms with Crippen LogP contribution in [0.15, 0.2) is 22.7 Å². The van der Waals surface area contributed by atoms with Crippen molar-refractivity contribution in [2.45, 2.75) is 20.3 Å². The number of ether oxygens (including phenoxy) is 1. The molecule has 0 atom stereocenters. The van der Waals surface area contributed by atoms with Crippen LogP contribution < -0.4 is 0 Å². The van der Waals surface area contributed by atoms with Crippen molar-refractivity contribution in [3.05, 3.63) is 29.6 Å². The van der Waals surface area contributed by atoms with E-state index in [4.69, 9.17) is 9.26 Å². The molecule has 2 aromatic rings. The van der Waals surface area contributed by atoms with Gasteiger partial charge in [0, 0.05) is 13.0 Å². The summed E-state index contributed by atoms with van der Waals surface area (Å²) in [7, 11) is 0. The van der Waals surface area contributed by atoms with E-state index in [0.717, 1.165) is 5.56 Å². The van der Waals surface area contributed by atoms with Crippen molar-refractivity contribution in [2.75, 3.05) is 13.2 Å². The summed E-state index contributed by atoms with van der Waals surface area (Å²) in [6.45, 7) is 5.11. The molecule has 1 aromatic carbocycles. The van der Waals surface area contributed by atoms with Crippen LogP contribution in [-0.4, -0.2) is 28.5 Å². The summed E-state index contributed by atoms with van der Waals surface area (Å²) in [5, 5.41) is 13.6. The highest BCUT2D eigenvalue weighted by molar-refractivity contribution is 5.62. The van der Waals surface area contributed by atoms with Gasteiger partial charge in [0.1, 0.15) is 5.75 Å². The van der Waals surface area contributed by atoms with E-state index < -0.39 is 0 Å². The number of aromatic hydroxyl groups is 1. The summed E-state index contributed by atoms with van der Waals surface area (Å²) in [5.41, 5.74) is 1.59. The Morgan fingerprint density at radius 3 is 3.00 bits per heavy atom. The molecule has 0 fully saturated rings. The quantitative estimate of drug-likeness (QED) is 0.822. The standard InChI is InChI=1S/C13H16N2O3/c1-3-17-7-6-12-14-13(18-15-12)10-8-9(2)4-5-11(10)16/h4-5,8,16H,3,6-7H2,1-2H3. The molecular weight excluding hydrogens is 232 g/mol. The molecule has 0 aliphatic carbocycles. The fraction of sp³-hybridized carbons (Fsp3) is 0.385. The SMILES string of the molecule is CCOCCc1noc(-c2cc(C)ccc2O)n1. The Labute approximate surface area is 105 Å². The van der Waals surface area contributed by atoms with Crippen LogP contribution >= 0.6 is 0 Å². The second-order valence-electron chi connectivity index (χ2n) is 3.98. The molecule has 0 spiro atoms. The van der Waals surface area contributed by atoms with Crippen LogP contribution in [0.3, 0.4) is 0 Å². The monoisotopic (exact) mass is 248 g/mol. The Kier molecular flexibility index (Phi) is 3.94. The summed E-state index contributed by atoms with van der Waals surface area (Å²) < 4.78 is 10.4. The number of phenols is 1. The maximum absolute atomic E-state index is 9.76. The Balaban J connectivity index is 2.16. The molecule has 0 saturated carbocycles. The van der Waals surface area contributed by atoms with Crippen LogP contribution in [0.1, 0.15) is 18.3 Å². The van der Waals surface area contributed by atoms with E-state index in [1.165, 1.54) is 0 Å². The third-order valence-electron chi connectivity index (χ3n) is 2.52. The molecular formula is C13H16N2O3. The van der Waals surface area contributed by atoms with Gasteiger partial charge in [-0.05, 0) is 26.0 Å². The molecule has 0 aliphatic heterocycles. The number of hydrogen-bond donors (Lipinski definition) is 1. The molecule has 5 nitrogen and oxygen atoms in total. The largest absolute Gasteiger partial charge is 0.507 e. The van der Waals surface area contributed by atoms with Crippen molar-refractivity contribution in [3.8, 4) is 17.2 Å². The van der Waals surface area contributed by atoms with E-state index in [1.807, 2.05) is 26.0 Å². The van der Waals surface area contributed by atoms with Crippen molar-refractivity contribution in [1.82, 2.24) is 10.1 Å². The molecule has 1 N–H and O–H groups in total. The number of phenolic OH excluding ortho intramolecular Hbond substituents is 1. The van der Waals surface area contributed by atoms with Crippen LogP contribution in [0.2, 0.25) is 0 Å². The van der Waals surface area contributed by atoms with Crippen LogP contribution in [0.5, 0.6) is 5.75 Å². The van der Waals surface area contributed by atoms with Crippen LogP contribution in [0, 0.1) is 6.92 Å². The van der Waals surface area contributed by atoms with Gasteiger partial charge in [-0.2, -0.15) is 4.98 Å². The number of hydrogen-bond acceptors (Lipinski definition) is 5. The van der Waals surface area contributed by atoms with Gasteiger partial charge in [0.2, 0.25) is 0 Å². The normalized spacial score (nSPS) is 10.8. The average Bonchev–Trinajstić information content (AvgIpc) is 2.81. The number of benzene rings is 1. The lowest BCUT2D eigenvalue weighted by Gasteiger charge is -2.00. The molecule has 0 amide bonds. The number of rotatable bonds is 5. The molecule has 0 aliphatic rings. The Morgan fingerprint density at radius 2 is 2.22 bits per heavy atom. The average molecular weight is 248 g/mol. The Bertz CT molecular complexity index is 523. The lowest BCUT2D eigenvalue weighted by molar-refractivity contribution is 0.149. The minimum atomic E-state index is 0.139. The molecule has 0 saturated heterocycles. The van der Waals surface area contributed by atoms with Gasteiger partial charge >= 0.3 is 0 Å². The summed E-state index contributed by atoms with van der Waals surface area (Å²) in [6, 6.07) is 5.26. The lowest BCUT2D eigenvalue weighted by Crippen LogP contribution is -1.99. The minimum Gasteiger partial charge on any atom is -0.507 e. The van der Waals surface area contributed by atoms with E-state index >= 15 is 0 Å². The van der Waals surface area contributed by atoms with Crippen molar-refractivity contribution in [2.24, 2.45) is 0 Å². The zero-order valence-corrected chi connectivity index (χ0v) is 10.5. The number of aryl methyl sites for hydroxylation is 1. The van der Waals surface area contributed by atoms with Crippen molar-refractivity contribution in [3.63, 3.8) is 0 Å². The zero-order valence-electron chi connectivity index (χ0n) is 10.5. The van der Waals surface area contributed by atoms with Crippen molar-refractivity contribution in [1.29, 1.82) is 0 Å². The predicted octanol–water partition coefficient (Wildman–Crippen LogP) is 2.33. The van der Waals surface area contributed by atoms with Crippen LogP contribution in [-0.2, 0) is 11.2 Å². The fourth-order valence-corrected chi connectivity index (χ4v) is 1.59. The van der Waals surface area contributed by atoms with Gasteiger partial charge in [-0.15, -0.1) is 0 Å². The molecule has 5 heteroatoms. The summed E-state index contributed by atoms with van der Waals surface area (Å²) in [4.78, 5) is 4.24. The molecule has 2 rings (SSSR count). The first-order valence-electron chi connectivity index (χ1n) is 5.91. The lowest BCUT2D eigenvalue weighted by atomic mass is 10.1. The van der Waals surface area contributed by atoms with E-state index in [9.17, 15) is 5.11 Å². The topological polar surface area (TPSA) is 68.4 Å². The van der Waals surface area contributed by atoms with Gasteiger partial charge in [-0.1, -0.05) is 16.8 Å². The second-order valence-corrected chi connectivity index (χ2v) is 3.98. The van der Waals surface area contributed by atoms with E-state index in [-0.39, 0.29) is 5.75 Å². The molecule has 1 aromatic heterocycles. The van der Waals surface area contributed by atoms with Crippen molar-refractivity contribution < 1.29 is 14.4 Å². The molecule has 0 unspecified atom stereocenters. The van der Waals surface area contributed by atoms with Gasteiger partial charge in [-0.3, -0.25) is 0 Å². The van der Waals surface area contributed by atoms with Crippen molar-refractivity contribution >= 4 is 0 Å².